The number of carbonyl (C=O) groups is 2. The van der Waals surface area contributed by atoms with Crippen molar-refractivity contribution in [2.24, 2.45) is 0 Å². The van der Waals surface area contributed by atoms with E-state index in [0.29, 0.717) is 19.5 Å². The van der Waals surface area contributed by atoms with Gasteiger partial charge in [0.2, 0.25) is 11.8 Å². The van der Waals surface area contributed by atoms with Gasteiger partial charge in [0.25, 0.3) is 0 Å². The molecule has 0 aliphatic carbocycles. The Bertz CT molecular complexity index is 902. The molecule has 5 heteroatoms. The van der Waals surface area contributed by atoms with Crippen molar-refractivity contribution in [3.8, 4) is 0 Å². The molecular weight excluding hydrogens is 338 g/mol. The molecule has 2 aromatic rings. The van der Waals surface area contributed by atoms with Crippen LogP contribution in [0.15, 0.2) is 36.4 Å². The molecule has 4 rings (SSSR count). The predicted octanol–water partition coefficient (Wildman–Crippen LogP) is 2.82. The molecule has 2 heterocycles. The molecule has 2 aliphatic rings. The minimum Gasteiger partial charge on any atom is -0.373 e. The third-order valence-corrected chi connectivity index (χ3v) is 5.36. The van der Waals surface area contributed by atoms with Crippen LogP contribution in [0.3, 0.4) is 0 Å². The van der Waals surface area contributed by atoms with Crippen LogP contribution in [0.1, 0.15) is 22.3 Å². The molecule has 1 N–H and O–H groups in total. The Morgan fingerprint density at radius 1 is 1.00 bits per heavy atom. The normalized spacial score (nSPS) is 19.1. The maximum Gasteiger partial charge on any atom is 0.246 e. The molecule has 2 aromatic carbocycles. The second-order valence-corrected chi connectivity index (χ2v) is 7.71. The summed E-state index contributed by atoms with van der Waals surface area (Å²) in [6.45, 7) is 7.36. The molecule has 0 radical (unpaired) electrons. The Morgan fingerprint density at radius 2 is 1.74 bits per heavy atom. The maximum absolute atomic E-state index is 12.9. The molecule has 0 bridgehead atoms. The quantitative estimate of drug-likeness (QED) is 0.893. The highest BCUT2D eigenvalue weighted by molar-refractivity contribution is 5.99. The number of benzene rings is 2. The van der Waals surface area contributed by atoms with Crippen molar-refractivity contribution in [2.75, 3.05) is 29.9 Å². The second-order valence-electron chi connectivity index (χ2n) is 7.71. The lowest BCUT2D eigenvalue weighted by Gasteiger charge is -2.35. The minimum atomic E-state index is -0.276. The van der Waals surface area contributed by atoms with Crippen LogP contribution in [0.4, 0.5) is 11.4 Å². The van der Waals surface area contributed by atoms with E-state index in [4.69, 9.17) is 0 Å². The van der Waals surface area contributed by atoms with Gasteiger partial charge in [-0.25, -0.2) is 0 Å². The van der Waals surface area contributed by atoms with Crippen molar-refractivity contribution in [1.29, 1.82) is 0 Å². The fourth-order valence-electron chi connectivity index (χ4n) is 4.10. The van der Waals surface area contributed by atoms with Gasteiger partial charge in [0.15, 0.2) is 0 Å². The summed E-state index contributed by atoms with van der Waals surface area (Å²) in [5, 5.41) is 3.32. The molecule has 2 amide bonds. The molecule has 1 fully saturated rings. The number of piperazine rings is 1. The summed E-state index contributed by atoms with van der Waals surface area (Å²) in [5.41, 5.74) is 6.60. The van der Waals surface area contributed by atoms with Crippen molar-refractivity contribution in [2.45, 2.75) is 33.2 Å². The standard InChI is InChI=1S/C22H25N3O2/c1-14-4-5-19-17(9-14)12-20(23-19)22(27)24-6-7-25(21(26)13-24)18-10-15(2)8-16(3)11-18/h4-5,8-11,20,23H,6-7,12-13H2,1-3H3/t20-/m1/s1. The molecule has 140 valence electrons. The molecule has 0 aromatic heterocycles. The van der Waals surface area contributed by atoms with Crippen LogP contribution in [-0.4, -0.2) is 42.4 Å². The van der Waals surface area contributed by atoms with E-state index in [1.54, 1.807) is 9.80 Å². The third-order valence-electron chi connectivity index (χ3n) is 5.36. The first-order valence-electron chi connectivity index (χ1n) is 9.44. The van der Waals surface area contributed by atoms with Crippen molar-refractivity contribution >= 4 is 23.2 Å². The summed E-state index contributed by atoms with van der Waals surface area (Å²) in [6.07, 6.45) is 0.682. The first-order valence-corrected chi connectivity index (χ1v) is 9.44. The van der Waals surface area contributed by atoms with Crippen LogP contribution in [0.5, 0.6) is 0 Å². The zero-order valence-electron chi connectivity index (χ0n) is 16.1. The molecular formula is C22H25N3O2. The van der Waals surface area contributed by atoms with Gasteiger partial charge in [-0.2, -0.15) is 0 Å². The Hall–Kier alpha value is -2.82. The van der Waals surface area contributed by atoms with E-state index < -0.39 is 0 Å². The van der Waals surface area contributed by atoms with Crippen LogP contribution in [0.25, 0.3) is 0 Å². The third kappa shape index (κ3) is 3.42. The molecule has 0 spiro atoms. The van der Waals surface area contributed by atoms with E-state index in [0.717, 1.165) is 22.5 Å². The average molecular weight is 363 g/mol. The SMILES string of the molecule is Cc1cc(C)cc(N2CCN(C(=O)[C@H]3Cc4cc(C)ccc4N3)CC2=O)c1. The number of anilines is 2. The van der Waals surface area contributed by atoms with Gasteiger partial charge in [-0.1, -0.05) is 23.8 Å². The van der Waals surface area contributed by atoms with E-state index in [2.05, 4.69) is 24.4 Å². The summed E-state index contributed by atoms with van der Waals surface area (Å²) in [7, 11) is 0. The highest BCUT2D eigenvalue weighted by atomic mass is 16.2. The number of nitrogens with zero attached hydrogens (tertiary/aromatic N) is 2. The number of carbonyl (C=O) groups excluding carboxylic acids is 2. The lowest BCUT2D eigenvalue weighted by Crippen LogP contribution is -2.55. The average Bonchev–Trinajstić information content (AvgIpc) is 3.03. The van der Waals surface area contributed by atoms with Crippen molar-refractivity contribution in [3.05, 3.63) is 58.7 Å². The minimum absolute atomic E-state index is 0.0114. The van der Waals surface area contributed by atoms with Crippen molar-refractivity contribution in [1.82, 2.24) is 4.90 Å². The molecule has 2 aliphatic heterocycles. The van der Waals surface area contributed by atoms with Gasteiger partial charge < -0.3 is 15.1 Å². The van der Waals surface area contributed by atoms with Gasteiger partial charge in [0.1, 0.15) is 12.6 Å². The van der Waals surface area contributed by atoms with E-state index in [1.165, 1.54) is 11.1 Å². The van der Waals surface area contributed by atoms with E-state index >= 15 is 0 Å². The molecule has 0 unspecified atom stereocenters. The zero-order chi connectivity index (χ0) is 19.1. The fourth-order valence-corrected chi connectivity index (χ4v) is 4.10. The zero-order valence-corrected chi connectivity index (χ0v) is 16.1. The number of rotatable bonds is 2. The van der Waals surface area contributed by atoms with Crippen LogP contribution in [0, 0.1) is 20.8 Å². The Morgan fingerprint density at radius 3 is 2.44 bits per heavy atom. The van der Waals surface area contributed by atoms with Crippen LogP contribution < -0.4 is 10.2 Å². The number of hydrogen-bond acceptors (Lipinski definition) is 3. The second kappa shape index (κ2) is 6.72. The van der Waals surface area contributed by atoms with Gasteiger partial charge in [-0.3, -0.25) is 9.59 Å². The number of fused-ring (bicyclic) bond motifs is 1. The summed E-state index contributed by atoms with van der Waals surface area (Å²) in [4.78, 5) is 29.2. The van der Waals surface area contributed by atoms with Gasteiger partial charge in [0.05, 0.1) is 0 Å². The Kier molecular flexibility index (Phi) is 4.38. The van der Waals surface area contributed by atoms with Crippen molar-refractivity contribution < 1.29 is 9.59 Å². The van der Waals surface area contributed by atoms with Gasteiger partial charge in [-0.05, 0) is 55.7 Å². The molecule has 5 nitrogen and oxygen atoms in total. The summed E-state index contributed by atoms with van der Waals surface area (Å²) in [6, 6.07) is 12.1. The monoisotopic (exact) mass is 363 g/mol. The molecule has 27 heavy (non-hydrogen) atoms. The van der Waals surface area contributed by atoms with Gasteiger partial charge in [-0.15, -0.1) is 0 Å². The Balaban J connectivity index is 1.44. The first-order chi connectivity index (χ1) is 12.9. The highest BCUT2D eigenvalue weighted by Crippen LogP contribution is 2.28. The fraction of sp³-hybridized carbons (Fsp3) is 0.364. The highest BCUT2D eigenvalue weighted by Gasteiger charge is 2.34. The number of nitrogens with one attached hydrogen (secondary N) is 1. The van der Waals surface area contributed by atoms with Crippen LogP contribution in [-0.2, 0) is 16.0 Å². The maximum atomic E-state index is 12.9. The van der Waals surface area contributed by atoms with E-state index in [9.17, 15) is 9.59 Å². The topological polar surface area (TPSA) is 52.6 Å². The lowest BCUT2D eigenvalue weighted by atomic mass is 10.1. The number of amides is 2. The van der Waals surface area contributed by atoms with E-state index in [1.807, 2.05) is 38.1 Å². The van der Waals surface area contributed by atoms with Crippen LogP contribution in [0.2, 0.25) is 0 Å². The first kappa shape index (κ1) is 17.6. The molecule has 1 atom stereocenters. The van der Waals surface area contributed by atoms with Crippen LogP contribution >= 0.6 is 0 Å². The van der Waals surface area contributed by atoms with E-state index in [-0.39, 0.29) is 24.4 Å². The number of aryl methyl sites for hydroxylation is 3. The lowest BCUT2D eigenvalue weighted by molar-refractivity contribution is -0.137. The Labute approximate surface area is 160 Å². The molecule has 0 saturated carbocycles. The smallest absolute Gasteiger partial charge is 0.246 e. The molecule has 1 saturated heterocycles. The van der Waals surface area contributed by atoms with Gasteiger partial charge >= 0.3 is 0 Å². The largest absolute Gasteiger partial charge is 0.373 e. The summed E-state index contributed by atoms with van der Waals surface area (Å²) < 4.78 is 0. The summed E-state index contributed by atoms with van der Waals surface area (Å²) >= 11 is 0. The number of hydrogen-bond donors (Lipinski definition) is 1. The van der Waals surface area contributed by atoms with Gasteiger partial charge in [0, 0.05) is 30.9 Å². The summed E-state index contributed by atoms with van der Waals surface area (Å²) in [5.74, 6) is -0.0109. The predicted molar refractivity (Wildman–Crippen MR) is 107 cm³/mol. The van der Waals surface area contributed by atoms with Crippen molar-refractivity contribution in [3.63, 3.8) is 0 Å².